The minimum atomic E-state index is -0.671. The van der Waals surface area contributed by atoms with Gasteiger partial charge < -0.3 is 0 Å². The van der Waals surface area contributed by atoms with Crippen LogP contribution in [0.4, 0.5) is 0 Å². The minimum absolute atomic E-state index is 0.573. The van der Waals surface area contributed by atoms with Crippen LogP contribution in [0.25, 0.3) is 11.3 Å². The van der Waals surface area contributed by atoms with Gasteiger partial charge in [-0.15, -0.1) is 0 Å². The summed E-state index contributed by atoms with van der Waals surface area (Å²) in [5, 5.41) is 9.17. The Morgan fingerprint density at radius 2 is 1.78 bits per heavy atom. The quantitative estimate of drug-likeness (QED) is 0.805. The summed E-state index contributed by atoms with van der Waals surface area (Å²) in [4.78, 5) is 8.88. The van der Waals surface area contributed by atoms with Crippen LogP contribution in [0.2, 0.25) is 0 Å². The van der Waals surface area contributed by atoms with Gasteiger partial charge in [0.25, 0.3) is 0 Å². The lowest BCUT2D eigenvalue weighted by Crippen LogP contribution is -2.19. The fraction of sp³-hybridized carbons (Fsp3) is 0.267. The molecule has 90 valence electrons. The van der Waals surface area contributed by atoms with Crippen molar-refractivity contribution in [3.05, 3.63) is 47.9 Å². The summed E-state index contributed by atoms with van der Waals surface area (Å²) in [6.45, 7) is 5.58. The van der Waals surface area contributed by atoms with Crippen molar-refractivity contribution in [2.45, 2.75) is 26.2 Å². The van der Waals surface area contributed by atoms with Crippen LogP contribution in [0.3, 0.4) is 0 Å². The van der Waals surface area contributed by atoms with E-state index in [1.807, 2.05) is 57.2 Å². The predicted octanol–water partition coefficient (Wildman–Crippen LogP) is 3.25. The zero-order valence-corrected chi connectivity index (χ0v) is 10.8. The van der Waals surface area contributed by atoms with E-state index in [1.54, 1.807) is 0 Å². The van der Waals surface area contributed by atoms with E-state index < -0.39 is 5.41 Å². The molecule has 0 saturated heterocycles. The molecule has 0 N–H and O–H groups in total. The van der Waals surface area contributed by atoms with Gasteiger partial charge in [-0.05, 0) is 26.8 Å². The molecule has 0 aliphatic carbocycles. The summed E-state index contributed by atoms with van der Waals surface area (Å²) >= 11 is 0. The van der Waals surface area contributed by atoms with Gasteiger partial charge in [-0.25, -0.2) is 9.97 Å². The van der Waals surface area contributed by atoms with Gasteiger partial charge in [0.15, 0.2) is 0 Å². The summed E-state index contributed by atoms with van der Waals surface area (Å²) < 4.78 is 0. The average molecular weight is 237 g/mol. The van der Waals surface area contributed by atoms with Crippen molar-refractivity contribution in [2.75, 3.05) is 0 Å². The number of nitrogens with zero attached hydrogens (tertiary/aromatic N) is 3. The summed E-state index contributed by atoms with van der Waals surface area (Å²) in [6, 6.07) is 14.1. The summed E-state index contributed by atoms with van der Waals surface area (Å²) in [5.41, 5.74) is 2.11. The molecule has 18 heavy (non-hydrogen) atoms. The highest BCUT2D eigenvalue weighted by atomic mass is 14.9. The predicted molar refractivity (Wildman–Crippen MR) is 70.8 cm³/mol. The standard InChI is InChI=1S/C15H15N3/c1-11-9-13(12-7-5-4-6-8-12)18-14(17-11)15(2,3)10-16/h4-9H,1-3H3. The molecule has 2 rings (SSSR count). The fourth-order valence-electron chi connectivity index (χ4n) is 1.65. The third kappa shape index (κ3) is 2.38. The van der Waals surface area contributed by atoms with Crippen LogP contribution in [0, 0.1) is 18.3 Å². The van der Waals surface area contributed by atoms with Crippen LogP contribution >= 0.6 is 0 Å². The molecule has 0 unspecified atom stereocenters. The van der Waals surface area contributed by atoms with Crippen LogP contribution in [0.1, 0.15) is 25.4 Å². The topological polar surface area (TPSA) is 49.6 Å². The Kier molecular flexibility index (Phi) is 3.12. The van der Waals surface area contributed by atoms with Crippen molar-refractivity contribution in [1.29, 1.82) is 5.26 Å². The lowest BCUT2D eigenvalue weighted by Gasteiger charge is -2.15. The smallest absolute Gasteiger partial charge is 0.148 e. The van der Waals surface area contributed by atoms with Gasteiger partial charge in [-0.3, -0.25) is 0 Å². The zero-order chi connectivity index (χ0) is 13.2. The van der Waals surface area contributed by atoms with Gasteiger partial charge in [0.1, 0.15) is 11.2 Å². The van der Waals surface area contributed by atoms with E-state index in [1.165, 1.54) is 0 Å². The van der Waals surface area contributed by atoms with Gasteiger partial charge in [-0.1, -0.05) is 30.3 Å². The molecule has 0 radical (unpaired) electrons. The molecule has 1 aromatic heterocycles. The highest BCUT2D eigenvalue weighted by Gasteiger charge is 2.24. The Hall–Kier alpha value is -2.21. The summed E-state index contributed by atoms with van der Waals surface area (Å²) in [6.07, 6.45) is 0. The Labute approximate surface area is 107 Å². The molecule has 0 spiro atoms. The number of aromatic nitrogens is 2. The zero-order valence-electron chi connectivity index (χ0n) is 10.8. The maximum absolute atomic E-state index is 9.17. The van der Waals surface area contributed by atoms with E-state index >= 15 is 0 Å². The van der Waals surface area contributed by atoms with E-state index in [0.29, 0.717) is 5.82 Å². The largest absolute Gasteiger partial charge is 0.236 e. The lowest BCUT2D eigenvalue weighted by atomic mass is 9.94. The normalized spacial score (nSPS) is 11.0. The van der Waals surface area contributed by atoms with E-state index in [2.05, 4.69) is 16.0 Å². The number of aryl methyl sites for hydroxylation is 1. The molecule has 1 heterocycles. The van der Waals surface area contributed by atoms with Crippen LogP contribution in [0.5, 0.6) is 0 Å². The first-order valence-electron chi connectivity index (χ1n) is 5.86. The number of rotatable bonds is 2. The monoisotopic (exact) mass is 237 g/mol. The van der Waals surface area contributed by atoms with Crippen LogP contribution < -0.4 is 0 Å². The maximum atomic E-state index is 9.17. The van der Waals surface area contributed by atoms with Crippen molar-refractivity contribution in [2.24, 2.45) is 0 Å². The van der Waals surface area contributed by atoms with Crippen LogP contribution in [-0.4, -0.2) is 9.97 Å². The Balaban J connectivity index is 2.56. The van der Waals surface area contributed by atoms with E-state index in [9.17, 15) is 0 Å². The number of hydrogen-bond donors (Lipinski definition) is 0. The summed E-state index contributed by atoms with van der Waals surface area (Å²) in [7, 11) is 0. The van der Waals surface area contributed by atoms with Crippen molar-refractivity contribution in [3.63, 3.8) is 0 Å². The molecule has 0 fully saturated rings. The number of hydrogen-bond acceptors (Lipinski definition) is 3. The molecule has 3 heteroatoms. The SMILES string of the molecule is Cc1cc(-c2ccccc2)nc(C(C)(C)C#N)n1. The summed E-state index contributed by atoms with van der Waals surface area (Å²) in [5.74, 6) is 0.573. The molecule has 0 aliphatic heterocycles. The first kappa shape index (κ1) is 12.3. The minimum Gasteiger partial charge on any atom is -0.236 e. The van der Waals surface area contributed by atoms with Crippen molar-refractivity contribution >= 4 is 0 Å². The third-order valence-corrected chi connectivity index (χ3v) is 2.76. The van der Waals surface area contributed by atoms with Crippen molar-refractivity contribution in [1.82, 2.24) is 9.97 Å². The van der Waals surface area contributed by atoms with Crippen LogP contribution in [0.15, 0.2) is 36.4 Å². The molecule has 0 saturated carbocycles. The van der Waals surface area contributed by atoms with Gasteiger partial charge >= 0.3 is 0 Å². The molecule has 2 aromatic rings. The molecule has 0 atom stereocenters. The lowest BCUT2D eigenvalue weighted by molar-refractivity contribution is 0.626. The molecule has 1 aromatic carbocycles. The fourth-order valence-corrected chi connectivity index (χ4v) is 1.65. The van der Waals surface area contributed by atoms with Crippen molar-refractivity contribution in [3.8, 4) is 17.3 Å². The molecule has 0 amide bonds. The van der Waals surface area contributed by atoms with E-state index in [4.69, 9.17) is 5.26 Å². The maximum Gasteiger partial charge on any atom is 0.148 e. The van der Waals surface area contributed by atoms with Crippen LogP contribution in [-0.2, 0) is 5.41 Å². The molecule has 3 nitrogen and oxygen atoms in total. The highest BCUT2D eigenvalue weighted by molar-refractivity contribution is 5.59. The highest BCUT2D eigenvalue weighted by Crippen LogP contribution is 2.23. The van der Waals surface area contributed by atoms with E-state index in [0.717, 1.165) is 17.0 Å². The first-order valence-corrected chi connectivity index (χ1v) is 5.86. The Morgan fingerprint density at radius 3 is 2.39 bits per heavy atom. The Morgan fingerprint density at radius 1 is 1.11 bits per heavy atom. The third-order valence-electron chi connectivity index (χ3n) is 2.76. The number of benzene rings is 1. The second-order valence-corrected chi connectivity index (χ2v) is 4.82. The molecule has 0 bridgehead atoms. The van der Waals surface area contributed by atoms with Gasteiger partial charge in [0.05, 0.1) is 11.8 Å². The second-order valence-electron chi connectivity index (χ2n) is 4.82. The van der Waals surface area contributed by atoms with Gasteiger partial charge in [0, 0.05) is 11.3 Å². The van der Waals surface area contributed by atoms with E-state index in [-0.39, 0.29) is 0 Å². The van der Waals surface area contributed by atoms with Crippen molar-refractivity contribution < 1.29 is 0 Å². The molecular formula is C15H15N3. The molecule has 0 aliphatic rings. The molecular weight excluding hydrogens is 222 g/mol. The first-order chi connectivity index (χ1) is 8.53. The average Bonchev–Trinajstić information content (AvgIpc) is 2.39. The number of nitriles is 1. The van der Waals surface area contributed by atoms with Gasteiger partial charge in [0.2, 0.25) is 0 Å². The Bertz CT molecular complexity index is 595. The van der Waals surface area contributed by atoms with Gasteiger partial charge in [-0.2, -0.15) is 5.26 Å². The second kappa shape index (κ2) is 4.58.